The van der Waals surface area contributed by atoms with Crippen molar-refractivity contribution in [3.05, 3.63) is 27.4 Å². The SMILES string of the molecule is CN(C1CCNC1)S(=O)(=O)c1cc(Cl)c(Br)cc1F. The third kappa shape index (κ3) is 2.95. The van der Waals surface area contributed by atoms with Crippen LogP contribution in [0.5, 0.6) is 0 Å². The fraction of sp³-hybridized carbons (Fsp3) is 0.455. The smallest absolute Gasteiger partial charge is 0.246 e. The van der Waals surface area contributed by atoms with E-state index < -0.39 is 20.7 Å². The number of halogens is 3. The van der Waals surface area contributed by atoms with E-state index in [1.54, 1.807) is 0 Å². The topological polar surface area (TPSA) is 49.4 Å². The lowest BCUT2D eigenvalue weighted by Crippen LogP contribution is -2.38. The van der Waals surface area contributed by atoms with E-state index in [1.165, 1.54) is 11.4 Å². The van der Waals surface area contributed by atoms with Crippen molar-refractivity contribution in [2.24, 2.45) is 0 Å². The Morgan fingerprint density at radius 1 is 1.53 bits per heavy atom. The van der Waals surface area contributed by atoms with Crippen molar-refractivity contribution >= 4 is 37.6 Å². The number of nitrogens with zero attached hydrogens (tertiary/aromatic N) is 1. The van der Waals surface area contributed by atoms with Crippen LogP contribution in [0.4, 0.5) is 4.39 Å². The quantitative estimate of drug-likeness (QED) is 0.829. The molecule has 1 heterocycles. The fourth-order valence-corrected chi connectivity index (χ4v) is 4.00. The Kier molecular flexibility index (Phi) is 4.52. The highest BCUT2D eigenvalue weighted by atomic mass is 79.9. The zero-order valence-electron chi connectivity index (χ0n) is 10.2. The maximum atomic E-state index is 13.9. The first kappa shape index (κ1) is 15.2. The van der Waals surface area contributed by atoms with Crippen LogP contribution in [0.15, 0.2) is 21.5 Å². The number of hydrogen-bond donors (Lipinski definition) is 1. The Balaban J connectivity index is 2.41. The van der Waals surface area contributed by atoms with Crippen molar-refractivity contribution < 1.29 is 12.8 Å². The zero-order valence-corrected chi connectivity index (χ0v) is 13.3. The molecule has 1 atom stereocenters. The van der Waals surface area contributed by atoms with Crippen LogP contribution in [0, 0.1) is 5.82 Å². The van der Waals surface area contributed by atoms with Gasteiger partial charge in [0, 0.05) is 24.1 Å². The van der Waals surface area contributed by atoms with Gasteiger partial charge >= 0.3 is 0 Å². The molecule has 0 amide bonds. The molecule has 0 spiro atoms. The van der Waals surface area contributed by atoms with Gasteiger partial charge in [-0.25, -0.2) is 12.8 Å². The van der Waals surface area contributed by atoms with E-state index in [0.717, 1.165) is 18.7 Å². The van der Waals surface area contributed by atoms with Crippen LogP contribution in [0.2, 0.25) is 5.02 Å². The molecule has 1 fully saturated rings. The molecule has 0 radical (unpaired) electrons. The van der Waals surface area contributed by atoms with Crippen molar-refractivity contribution in [2.45, 2.75) is 17.4 Å². The second-order valence-corrected chi connectivity index (χ2v) is 7.59. The molecule has 106 valence electrons. The molecule has 1 aliphatic heterocycles. The fourth-order valence-electron chi connectivity index (χ4n) is 2.00. The van der Waals surface area contributed by atoms with Crippen molar-refractivity contribution in [2.75, 3.05) is 20.1 Å². The molecule has 0 saturated carbocycles. The maximum absolute atomic E-state index is 13.9. The van der Waals surface area contributed by atoms with E-state index in [1.807, 2.05) is 0 Å². The zero-order chi connectivity index (χ0) is 14.2. The summed E-state index contributed by atoms with van der Waals surface area (Å²) >= 11 is 8.91. The van der Waals surface area contributed by atoms with Gasteiger partial charge in [-0.05, 0) is 41.0 Å². The van der Waals surface area contributed by atoms with Gasteiger partial charge in [0.15, 0.2) is 0 Å². The van der Waals surface area contributed by atoms with Gasteiger partial charge in [-0.15, -0.1) is 0 Å². The van der Waals surface area contributed by atoms with Crippen molar-refractivity contribution in [3.63, 3.8) is 0 Å². The second-order valence-electron chi connectivity index (χ2n) is 4.36. The first-order valence-corrected chi connectivity index (χ1v) is 8.28. The molecule has 2 rings (SSSR count). The van der Waals surface area contributed by atoms with Crippen LogP contribution in [0.1, 0.15) is 6.42 Å². The maximum Gasteiger partial charge on any atom is 0.246 e. The van der Waals surface area contributed by atoms with Crippen molar-refractivity contribution in [3.8, 4) is 0 Å². The number of rotatable bonds is 3. The van der Waals surface area contributed by atoms with Gasteiger partial charge < -0.3 is 5.32 Å². The van der Waals surface area contributed by atoms with Crippen LogP contribution in [-0.2, 0) is 10.0 Å². The third-order valence-electron chi connectivity index (χ3n) is 3.18. The summed E-state index contributed by atoms with van der Waals surface area (Å²) in [6, 6.07) is 2.04. The molecular weight excluding hydrogens is 359 g/mol. The molecular formula is C11H13BrClFN2O2S. The Morgan fingerprint density at radius 3 is 2.79 bits per heavy atom. The van der Waals surface area contributed by atoms with Gasteiger partial charge in [0.2, 0.25) is 10.0 Å². The van der Waals surface area contributed by atoms with Gasteiger partial charge in [0.25, 0.3) is 0 Å². The summed E-state index contributed by atoms with van der Waals surface area (Å²) in [5.41, 5.74) is 0. The van der Waals surface area contributed by atoms with Crippen LogP contribution >= 0.6 is 27.5 Å². The summed E-state index contributed by atoms with van der Waals surface area (Å²) in [7, 11) is -2.42. The van der Waals surface area contributed by atoms with E-state index in [2.05, 4.69) is 21.2 Å². The molecule has 1 aromatic rings. The van der Waals surface area contributed by atoms with Gasteiger partial charge in [-0.3, -0.25) is 0 Å². The van der Waals surface area contributed by atoms with E-state index in [9.17, 15) is 12.8 Å². The summed E-state index contributed by atoms with van der Waals surface area (Å²) in [4.78, 5) is -0.393. The summed E-state index contributed by atoms with van der Waals surface area (Å²) in [5, 5.41) is 3.24. The van der Waals surface area contributed by atoms with E-state index in [4.69, 9.17) is 11.6 Å². The lowest BCUT2D eigenvalue weighted by Gasteiger charge is -2.23. The summed E-state index contributed by atoms with van der Waals surface area (Å²) < 4.78 is 40.2. The molecule has 4 nitrogen and oxygen atoms in total. The van der Waals surface area contributed by atoms with Gasteiger partial charge in [-0.1, -0.05) is 11.6 Å². The van der Waals surface area contributed by atoms with Crippen LogP contribution in [-0.4, -0.2) is 38.9 Å². The molecule has 1 saturated heterocycles. The minimum Gasteiger partial charge on any atom is -0.315 e. The van der Waals surface area contributed by atoms with Crippen molar-refractivity contribution in [1.29, 1.82) is 0 Å². The lowest BCUT2D eigenvalue weighted by atomic mass is 10.3. The molecule has 1 aliphatic rings. The monoisotopic (exact) mass is 370 g/mol. The Hall–Kier alpha value is -0.210. The minimum absolute atomic E-state index is 0.160. The summed E-state index contributed by atoms with van der Waals surface area (Å²) in [6.45, 7) is 1.33. The number of nitrogens with one attached hydrogen (secondary N) is 1. The number of benzene rings is 1. The van der Waals surface area contributed by atoms with Crippen LogP contribution in [0.25, 0.3) is 0 Å². The third-order valence-corrected chi connectivity index (χ3v) is 6.30. The van der Waals surface area contributed by atoms with Crippen LogP contribution < -0.4 is 5.32 Å². The predicted octanol–water partition coefficient (Wildman–Crippen LogP) is 2.22. The number of hydrogen-bond acceptors (Lipinski definition) is 3. The standard InChI is InChI=1S/C11H13BrClFN2O2S/c1-16(7-2-3-15-6-7)19(17,18)11-5-9(13)8(12)4-10(11)14/h4-5,7,15H,2-3,6H2,1H3. The number of likely N-dealkylation sites (N-methyl/N-ethyl adjacent to an activating group) is 1. The van der Waals surface area contributed by atoms with E-state index >= 15 is 0 Å². The number of sulfonamides is 1. The summed E-state index contributed by atoms with van der Waals surface area (Å²) in [5.74, 6) is -0.811. The summed E-state index contributed by atoms with van der Waals surface area (Å²) in [6.07, 6.45) is 0.710. The minimum atomic E-state index is -3.88. The normalized spacial score (nSPS) is 20.2. The Morgan fingerprint density at radius 2 is 2.21 bits per heavy atom. The van der Waals surface area contributed by atoms with Gasteiger partial charge in [0.05, 0.1) is 5.02 Å². The second kappa shape index (κ2) is 5.65. The largest absolute Gasteiger partial charge is 0.315 e. The average Bonchev–Trinajstić information content (AvgIpc) is 2.86. The molecule has 0 aromatic heterocycles. The molecule has 8 heteroatoms. The molecule has 1 aromatic carbocycles. The van der Waals surface area contributed by atoms with Crippen molar-refractivity contribution in [1.82, 2.24) is 9.62 Å². The molecule has 1 unspecified atom stereocenters. The average molecular weight is 372 g/mol. The molecule has 0 aliphatic carbocycles. The lowest BCUT2D eigenvalue weighted by molar-refractivity contribution is 0.385. The Labute approximate surface area is 125 Å². The first-order valence-electron chi connectivity index (χ1n) is 5.67. The van der Waals surface area contributed by atoms with Crippen LogP contribution in [0.3, 0.4) is 0 Å². The highest BCUT2D eigenvalue weighted by Gasteiger charge is 2.32. The molecule has 0 bridgehead atoms. The highest BCUT2D eigenvalue weighted by molar-refractivity contribution is 9.10. The predicted molar refractivity (Wildman–Crippen MR) is 75.3 cm³/mol. The van der Waals surface area contributed by atoms with Gasteiger partial charge in [-0.2, -0.15) is 4.31 Å². The van der Waals surface area contributed by atoms with E-state index in [-0.39, 0.29) is 11.1 Å². The van der Waals surface area contributed by atoms with E-state index in [0.29, 0.717) is 17.4 Å². The van der Waals surface area contributed by atoms with Gasteiger partial charge in [0.1, 0.15) is 10.7 Å². The molecule has 19 heavy (non-hydrogen) atoms. The Bertz CT molecular complexity index is 591. The highest BCUT2D eigenvalue weighted by Crippen LogP contribution is 2.30. The molecule has 1 N–H and O–H groups in total. The first-order chi connectivity index (χ1) is 8.84.